The molecule has 0 heterocycles. The number of thiocarbonyl (C=S) groups is 1. The predicted octanol–water partition coefficient (Wildman–Crippen LogP) is 2.05. The van der Waals surface area contributed by atoms with Gasteiger partial charge >= 0.3 is 0 Å². The summed E-state index contributed by atoms with van der Waals surface area (Å²) < 4.78 is 5.11. The first-order valence-electron chi connectivity index (χ1n) is 5.84. The number of nitrogens with two attached hydrogens (primary N) is 1. The van der Waals surface area contributed by atoms with Crippen LogP contribution in [0, 0.1) is 5.41 Å². The van der Waals surface area contributed by atoms with Gasteiger partial charge in [0.15, 0.2) is 0 Å². The van der Waals surface area contributed by atoms with E-state index in [0.717, 1.165) is 26.1 Å². The van der Waals surface area contributed by atoms with Gasteiger partial charge in [-0.1, -0.05) is 26.1 Å². The van der Waals surface area contributed by atoms with Crippen molar-refractivity contribution in [3.63, 3.8) is 0 Å². The molecule has 2 N–H and O–H groups in total. The Balaban J connectivity index is 4.16. The highest BCUT2D eigenvalue weighted by atomic mass is 32.1. The summed E-state index contributed by atoms with van der Waals surface area (Å²) in [4.78, 5) is 2.99. The van der Waals surface area contributed by atoms with Crippen LogP contribution in [0.1, 0.15) is 34.1 Å². The molecule has 0 saturated carbocycles. The first-order chi connectivity index (χ1) is 7.31. The van der Waals surface area contributed by atoms with Crippen LogP contribution < -0.4 is 5.73 Å². The lowest BCUT2D eigenvalue weighted by Crippen LogP contribution is -2.39. The van der Waals surface area contributed by atoms with E-state index in [1.165, 1.54) is 0 Å². The van der Waals surface area contributed by atoms with Crippen LogP contribution in [0.3, 0.4) is 0 Å². The SMILES string of the molecule is COCCN(CCC(C)(C)C(N)=S)C(C)C. The van der Waals surface area contributed by atoms with Gasteiger partial charge in [0, 0.05) is 25.1 Å². The van der Waals surface area contributed by atoms with Crippen LogP contribution in [0.2, 0.25) is 0 Å². The summed E-state index contributed by atoms with van der Waals surface area (Å²) in [5.41, 5.74) is 5.66. The molecule has 4 heteroatoms. The Morgan fingerprint density at radius 2 is 1.94 bits per heavy atom. The summed E-state index contributed by atoms with van der Waals surface area (Å²) in [5, 5.41) is 0. The van der Waals surface area contributed by atoms with Gasteiger partial charge in [-0.25, -0.2) is 0 Å². The largest absolute Gasteiger partial charge is 0.393 e. The highest BCUT2D eigenvalue weighted by molar-refractivity contribution is 7.80. The van der Waals surface area contributed by atoms with Crippen molar-refractivity contribution in [3.05, 3.63) is 0 Å². The van der Waals surface area contributed by atoms with Gasteiger partial charge in [-0.15, -0.1) is 0 Å². The molecule has 0 aromatic heterocycles. The van der Waals surface area contributed by atoms with Crippen molar-refractivity contribution in [2.75, 3.05) is 26.8 Å². The Labute approximate surface area is 105 Å². The summed E-state index contributed by atoms with van der Waals surface area (Å²) in [6.07, 6.45) is 0.990. The van der Waals surface area contributed by atoms with Crippen LogP contribution in [0.15, 0.2) is 0 Å². The molecular weight excluding hydrogens is 220 g/mol. The molecular formula is C12H26N2OS. The maximum absolute atomic E-state index is 5.72. The average Bonchev–Trinajstić information content (AvgIpc) is 2.16. The zero-order valence-electron chi connectivity index (χ0n) is 11.2. The van der Waals surface area contributed by atoms with E-state index in [-0.39, 0.29) is 5.41 Å². The summed E-state index contributed by atoms with van der Waals surface area (Å²) in [6, 6.07) is 0.525. The molecule has 0 aliphatic carbocycles. The number of rotatable bonds is 8. The molecule has 0 aliphatic rings. The first kappa shape index (κ1) is 15.8. The second-order valence-corrected chi connectivity index (χ2v) is 5.56. The fourth-order valence-electron chi connectivity index (χ4n) is 1.38. The van der Waals surface area contributed by atoms with Gasteiger partial charge in [0.1, 0.15) is 0 Å². The van der Waals surface area contributed by atoms with E-state index < -0.39 is 0 Å². The van der Waals surface area contributed by atoms with Gasteiger partial charge in [-0.05, 0) is 26.8 Å². The third kappa shape index (κ3) is 5.77. The molecule has 0 radical (unpaired) electrons. The smallest absolute Gasteiger partial charge is 0.0784 e. The number of nitrogens with zero attached hydrogens (tertiary/aromatic N) is 1. The van der Waals surface area contributed by atoms with Crippen molar-refractivity contribution in [2.45, 2.75) is 40.2 Å². The van der Waals surface area contributed by atoms with E-state index in [1.807, 2.05) is 0 Å². The van der Waals surface area contributed by atoms with E-state index in [9.17, 15) is 0 Å². The Bertz CT molecular complexity index is 217. The Hall–Kier alpha value is -0.190. The van der Waals surface area contributed by atoms with Gasteiger partial charge in [0.05, 0.1) is 11.6 Å². The molecule has 0 fully saturated rings. The monoisotopic (exact) mass is 246 g/mol. The molecule has 0 unspecified atom stereocenters. The van der Waals surface area contributed by atoms with E-state index >= 15 is 0 Å². The second kappa shape index (κ2) is 7.20. The van der Waals surface area contributed by atoms with E-state index in [2.05, 4.69) is 32.6 Å². The number of hydrogen-bond acceptors (Lipinski definition) is 3. The molecule has 0 atom stereocenters. The maximum atomic E-state index is 5.72. The third-order valence-corrected chi connectivity index (χ3v) is 3.56. The maximum Gasteiger partial charge on any atom is 0.0784 e. The van der Waals surface area contributed by atoms with Crippen molar-refractivity contribution >= 4 is 17.2 Å². The molecule has 0 bridgehead atoms. The Morgan fingerprint density at radius 1 is 1.38 bits per heavy atom. The van der Waals surface area contributed by atoms with Crippen molar-refractivity contribution in [2.24, 2.45) is 11.1 Å². The van der Waals surface area contributed by atoms with Gasteiger partial charge in [0.2, 0.25) is 0 Å². The molecule has 0 amide bonds. The fraction of sp³-hybridized carbons (Fsp3) is 0.917. The summed E-state index contributed by atoms with van der Waals surface area (Å²) in [6.45, 7) is 11.3. The molecule has 0 aromatic rings. The molecule has 3 nitrogen and oxygen atoms in total. The quantitative estimate of drug-likeness (QED) is 0.665. The van der Waals surface area contributed by atoms with Crippen LogP contribution >= 0.6 is 12.2 Å². The van der Waals surface area contributed by atoms with E-state index in [1.54, 1.807) is 7.11 Å². The van der Waals surface area contributed by atoms with Gasteiger partial charge in [0.25, 0.3) is 0 Å². The van der Waals surface area contributed by atoms with Crippen molar-refractivity contribution < 1.29 is 4.74 Å². The average molecular weight is 246 g/mol. The van der Waals surface area contributed by atoms with Crippen LogP contribution in [0.25, 0.3) is 0 Å². The molecule has 0 aliphatic heterocycles. The number of methoxy groups -OCH3 is 1. The summed E-state index contributed by atoms with van der Waals surface area (Å²) in [7, 11) is 1.73. The predicted molar refractivity (Wildman–Crippen MR) is 73.8 cm³/mol. The third-order valence-electron chi connectivity index (χ3n) is 3.00. The molecule has 0 aromatic carbocycles. The summed E-state index contributed by atoms with van der Waals surface area (Å²) in [5.74, 6) is 0. The molecule has 0 rings (SSSR count). The standard InChI is InChI=1S/C12H26N2OS/c1-10(2)14(8-9-15-5)7-6-12(3,4)11(13)16/h10H,6-9H2,1-5H3,(H2,13,16). The van der Waals surface area contributed by atoms with Crippen molar-refractivity contribution in [3.8, 4) is 0 Å². The van der Waals surface area contributed by atoms with Gasteiger partial charge in [-0.2, -0.15) is 0 Å². The van der Waals surface area contributed by atoms with E-state index in [0.29, 0.717) is 11.0 Å². The van der Waals surface area contributed by atoms with Crippen LogP contribution in [0.5, 0.6) is 0 Å². The molecule has 16 heavy (non-hydrogen) atoms. The zero-order chi connectivity index (χ0) is 12.8. The highest BCUT2D eigenvalue weighted by Gasteiger charge is 2.22. The van der Waals surface area contributed by atoms with E-state index in [4.69, 9.17) is 22.7 Å². The normalized spacial score (nSPS) is 12.4. The fourth-order valence-corrected chi connectivity index (χ4v) is 1.49. The molecule has 0 saturated heterocycles. The lowest BCUT2D eigenvalue weighted by atomic mass is 9.89. The van der Waals surface area contributed by atoms with Crippen LogP contribution in [-0.2, 0) is 4.74 Å². The minimum atomic E-state index is -0.0600. The molecule has 96 valence electrons. The lowest BCUT2D eigenvalue weighted by molar-refractivity contribution is 0.123. The molecule has 0 spiro atoms. The lowest BCUT2D eigenvalue weighted by Gasteiger charge is -2.31. The minimum absolute atomic E-state index is 0.0600. The number of hydrogen-bond donors (Lipinski definition) is 1. The Morgan fingerprint density at radius 3 is 2.31 bits per heavy atom. The Kier molecular flexibility index (Phi) is 7.11. The minimum Gasteiger partial charge on any atom is -0.393 e. The number of ether oxygens (including phenoxy) is 1. The highest BCUT2D eigenvalue weighted by Crippen LogP contribution is 2.21. The van der Waals surface area contributed by atoms with Gasteiger partial charge < -0.3 is 10.5 Å². The van der Waals surface area contributed by atoms with Crippen molar-refractivity contribution in [1.82, 2.24) is 4.90 Å². The second-order valence-electron chi connectivity index (χ2n) is 5.12. The zero-order valence-corrected chi connectivity index (χ0v) is 12.1. The van der Waals surface area contributed by atoms with Gasteiger partial charge in [-0.3, -0.25) is 4.90 Å². The van der Waals surface area contributed by atoms with Crippen molar-refractivity contribution in [1.29, 1.82) is 0 Å². The summed E-state index contributed by atoms with van der Waals surface area (Å²) >= 11 is 5.07. The van der Waals surface area contributed by atoms with Crippen LogP contribution in [0.4, 0.5) is 0 Å². The first-order valence-corrected chi connectivity index (χ1v) is 6.25. The topological polar surface area (TPSA) is 38.5 Å². The van der Waals surface area contributed by atoms with Crippen LogP contribution in [-0.4, -0.2) is 42.7 Å².